The molecule has 0 saturated carbocycles. The number of phenols is 1. The number of fused-ring (bicyclic) bond motifs is 1. The lowest BCUT2D eigenvalue weighted by atomic mass is 10.1. The molecule has 4 aromatic rings. The van der Waals surface area contributed by atoms with Crippen molar-refractivity contribution >= 4 is 23.1 Å². The number of benzene rings is 1. The van der Waals surface area contributed by atoms with Gasteiger partial charge in [-0.3, -0.25) is 0 Å². The standard InChI is InChI=1S/C29H37N3O2/c1-3-4-5-6-7-8-9-10-11-12-22-13-14-23(30-22)19-28-29(34-2)20-27(32-28)26-18-21-17-24(33)15-16-25(21)31-26/h12-20,30-33H,3-11H2,1-2H3. The van der Waals surface area contributed by atoms with Crippen LogP contribution in [0.5, 0.6) is 11.5 Å². The van der Waals surface area contributed by atoms with Crippen LogP contribution >= 0.6 is 0 Å². The van der Waals surface area contributed by atoms with E-state index >= 15 is 0 Å². The number of aromatic amines is 3. The van der Waals surface area contributed by atoms with Crippen LogP contribution in [0.25, 0.3) is 34.4 Å². The first-order valence-electron chi connectivity index (χ1n) is 12.6. The third-order valence-electron chi connectivity index (χ3n) is 6.38. The van der Waals surface area contributed by atoms with Crippen molar-refractivity contribution in [2.45, 2.75) is 64.7 Å². The monoisotopic (exact) mass is 459 g/mol. The molecule has 0 atom stereocenters. The molecule has 0 fully saturated rings. The van der Waals surface area contributed by atoms with Crippen molar-refractivity contribution in [3.63, 3.8) is 0 Å². The quantitative estimate of drug-likeness (QED) is 0.186. The van der Waals surface area contributed by atoms with Gasteiger partial charge in [-0.25, -0.2) is 0 Å². The number of phenolic OH excluding ortho intramolecular Hbond substituents is 1. The van der Waals surface area contributed by atoms with Gasteiger partial charge in [0.15, 0.2) is 0 Å². The number of hydrogen-bond donors (Lipinski definition) is 4. The first-order chi connectivity index (χ1) is 16.7. The Morgan fingerprint density at radius 1 is 0.794 bits per heavy atom. The average molecular weight is 460 g/mol. The van der Waals surface area contributed by atoms with Crippen molar-refractivity contribution in [1.82, 2.24) is 15.0 Å². The van der Waals surface area contributed by atoms with Gasteiger partial charge < -0.3 is 24.8 Å². The van der Waals surface area contributed by atoms with E-state index in [0.29, 0.717) is 0 Å². The van der Waals surface area contributed by atoms with Crippen molar-refractivity contribution in [3.05, 3.63) is 58.9 Å². The zero-order valence-electron chi connectivity index (χ0n) is 20.4. The van der Waals surface area contributed by atoms with Gasteiger partial charge in [0.1, 0.15) is 11.5 Å². The van der Waals surface area contributed by atoms with Crippen LogP contribution in [0.2, 0.25) is 0 Å². The highest BCUT2D eigenvalue weighted by atomic mass is 16.5. The Hall–Kier alpha value is -3.34. The number of aromatic nitrogens is 3. The van der Waals surface area contributed by atoms with E-state index < -0.39 is 0 Å². The molecule has 0 saturated heterocycles. The summed E-state index contributed by atoms with van der Waals surface area (Å²) in [6.07, 6.45) is 16.3. The first-order valence-corrected chi connectivity index (χ1v) is 12.6. The molecule has 0 spiro atoms. The smallest absolute Gasteiger partial charge is 0.144 e. The summed E-state index contributed by atoms with van der Waals surface area (Å²) < 4.78 is 5.61. The summed E-state index contributed by atoms with van der Waals surface area (Å²) in [7, 11) is 1.69. The van der Waals surface area contributed by atoms with E-state index in [1.807, 2.05) is 18.2 Å². The largest absolute Gasteiger partial charge is 0.508 e. The molecule has 4 N–H and O–H groups in total. The lowest BCUT2D eigenvalue weighted by Gasteiger charge is -1.99. The van der Waals surface area contributed by atoms with Crippen LogP contribution in [-0.2, 0) is 0 Å². The molecule has 0 aliphatic heterocycles. The van der Waals surface area contributed by atoms with Gasteiger partial charge in [-0.1, -0.05) is 57.9 Å². The number of ether oxygens (including phenoxy) is 1. The number of hydrogen-bond acceptors (Lipinski definition) is 2. The van der Waals surface area contributed by atoms with E-state index in [1.165, 1.54) is 51.4 Å². The molecule has 5 nitrogen and oxygen atoms in total. The number of aromatic hydroxyl groups is 1. The van der Waals surface area contributed by atoms with Crippen LogP contribution in [0, 0.1) is 0 Å². The Labute approximate surface area is 201 Å². The molecule has 0 aliphatic carbocycles. The molecule has 0 radical (unpaired) electrons. The van der Waals surface area contributed by atoms with E-state index in [2.05, 4.69) is 46.2 Å². The molecule has 0 amide bonds. The van der Waals surface area contributed by atoms with Gasteiger partial charge in [-0.15, -0.1) is 0 Å². The van der Waals surface area contributed by atoms with Crippen molar-refractivity contribution in [1.29, 1.82) is 0 Å². The normalized spacial score (nSPS) is 12.8. The maximum atomic E-state index is 9.74. The number of unbranched alkanes of at least 4 members (excludes halogenated alkanes) is 8. The number of nitrogens with one attached hydrogen (secondary N) is 3. The number of rotatable bonds is 12. The Kier molecular flexibility index (Phi) is 8.18. The molecule has 180 valence electrons. The lowest BCUT2D eigenvalue weighted by Crippen LogP contribution is -2.09. The molecule has 3 aromatic heterocycles. The SMILES string of the molecule is CCCCCCCCCCC=c1ccc(=Cc2[nH]c(-c3cc4cc(O)ccc4[nH]3)cc2OC)[nH]1. The van der Waals surface area contributed by atoms with Gasteiger partial charge in [-0.05, 0) is 55.3 Å². The van der Waals surface area contributed by atoms with Crippen LogP contribution in [0.4, 0.5) is 0 Å². The molecule has 5 heteroatoms. The van der Waals surface area contributed by atoms with Crippen molar-refractivity contribution in [2.75, 3.05) is 7.11 Å². The Bertz CT molecular complexity index is 1310. The maximum absolute atomic E-state index is 9.74. The zero-order valence-corrected chi connectivity index (χ0v) is 20.4. The third kappa shape index (κ3) is 6.16. The lowest BCUT2D eigenvalue weighted by molar-refractivity contribution is 0.414. The van der Waals surface area contributed by atoms with Gasteiger partial charge >= 0.3 is 0 Å². The second-order valence-corrected chi connectivity index (χ2v) is 9.10. The fourth-order valence-corrected chi connectivity index (χ4v) is 4.46. The summed E-state index contributed by atoms with van der Waals surface area (Å²) in [6.45, 7) is 2.27. The molecule has 0 unspecified atom stereocenters. The molecular weight excluding hydrogens is 422 g/mol. The van der Waals surface area contributed by atoms with Crippen molar-refractivity contribution in [3.8, 4) is 22.9 Å². The highest BCUT2D eigenvalue weighted by molar-refractivity contribution is 5.86. The third-order valence-corrected chi connectivity index (χ3v) is 6.38. The van der Waals surface area contributed by atoms with Crippen LogP contribution in [-0.4, -0.2) is 27.2 Å². The summed E-state index contributed by atoms with van der Waals surface area (Å²) in [5.41, 5.74) is 3.78. The predicted octanol–water partition coefficient (Wildman–Crippen LogP) is 6.35. The average Bonchev–Trinajstić information content (AvgIpc) is 3.56. The Balaban J connectivity index is 1.40. The van der Waals surface area contributed by atoms with Crippen LogP contribution in [0.15, 0.2) is 42.5 Å². The molecule has 4 rings (SSSR count). The highest BCUT2D eigenvalue weighted by Crippen LogP contribution is 2.30. The van der Waals surface area contributed by atoms with E-state index in [0.717, 1.165) is 50.9 Å². The summed E-state index contributed by atoms with van der Waals surface area (Å²) in [4.78, 5) is 10.4. The van der Waals surface area contributed by atoms with Gasteiger partial charge in [0.05, 0.1) is 24.2 Å². The number of methoxy groups -OCH3 is 1. The maximum Gasteiger partial charge on any atom is 0.144 e. The fraction of sp³-hybridized carbons (Fsp3) is 0.379. The van der Waals surface area contributed by atoms with Crippen LogP contribution in [0.3, 0.4) is 0 Å². The fourth-order valence-electron chi connectivity index (χ4n) is 4.46. The van der Waals surface area contributed by atoms with Crippen LogP contribution in [0.1, 0.15) is 70.4 Å². The Morgan fingerprint density at radius 2 is 1.53 bits per heavy atom. The second-order valence-electron chi connectivity index (χ2n) is 9.10. The van der Waals surface area contributed by atoms with E-state index in [-0.39, 0.29) is 5.75 Å². The topological polar surface area (TPSA) is 76.8 Å². The minimum atomic E-state index is 0.262. The summed E-state index contributed by atoms with van der Waals surface area (Å²) in [6, 6.07) is 13.6. The van der Waals surface area contributed by atoms with Gasteiger partial charge in [0.25, 0.3) is 0 Å². The summed E-state index contributed by atoms with van der Waals surface area (Å²) in [5, 5.41) is 12.9. The zero-order chi connectivity index (χ0) is 23.8. The van der Waals surface area contributed by atoms with Gasteiger partial charge in [0, 0.05) is 27.7 Å². The van der Waals surface area contributed by atoms with Crippen molar-refractivity contribution < 1.29 is 9.84 Å². The van der Waals surface area contributed by atoms with Crippen LogP contribution < -0.4 is 15.4 Å². The molecule has 1 aromatic carbocycles. The highest BCUT2D eigenvalue weighted by Gasteiger charge is 2.11. The van der Waals surface area contributed by atoms with Gasteiger partial charge in [-0.2, -0.15) is 0 Å². The molecule has 0 aliphatic rings. The summed E-state index contributed by atoms with van der Waals surface area (Å²) in [5.74, 6) is 1.05. The summed E-state index contributed by atoms with van der Waals surface area (Å²) >= 11 is 0. The molecular formula is C29H37N3O2. The van der Waals surface area contributed by atoms with E-state index in [1.54, 1.807) is 19.2 Å². The minimum absolute atomic E-state index is 0.262. The number of H-pyrrole nitrogens is 3. The van der Waals surface area contributed by atoms with E-state index in [9.17, 15) is 5.11 Å². The predicted molar refractivity (Wildman–Crippen MR) is 142 cm³/mol. The van der Waals surface area contributed by atoms with Crippen molar-refractivity contribution in [2.24, 2.45) is 0 Å². The molecule has 0 bridgehead atoms. The first kappa shape index (κ1) is 23.8. The molecule has 34 heavy (non-hydrogen) atoms. The molecule has 3 heterocycles. The Morgan fingerprint density at radius 3 is 2.32 bits per heavy atom. The second kappa shape index (κ2) is 11.7. The minimum Gasteiger partial charge on any atom is -0.508 e. The van der Waals surface area contributed by atoms with E-state index in [4.69, 9.17) is 4.74 Å². The van der Waals surface area contributed by atoms with Gasteiger partial charge in [0.2, 0.25) is 0 Å².